The van der Waals surface area contributed by atoms with Gasteiger partial charge in [-0.3, -0.25) is 0 Å². The molecule has 0 saturated carbocycles. The predicted molar refractivity (Wildman–Crippen MR) is 79.5 cm³/mol. The van der Waals surface area contributed by atoms with Crippen LogP contribution in [0.25, 0.3) is 0 Å². The van der Waals surface area contributed by atoms with Crippen LogP contribution < -0.4 is 10.6 Å². The van der Waals surface area contributed by atoms with E-state index in [2.05, 4.69) is 10.6 Å². The third kappa shape index (κ3) is 6.26. The molecule has 3 N–H and O–H groups in total. The van der Waals surface area contributed by atoms with Crippen LogP contribution >= 0.6 is 0 Å². The van der Waals surface area contributed by atoms with Crippen molar-refractivity contribution < 1.29 is 23.1 Å². The largest absolute Gasteiger partial charge is 0.478 e. The van der Waals surface area contributed by atoms with Crippen molar-refractivity contribution in [1.29, 1.82) is 0 Å². The molecular formula is C13H18N2O5S. The van der Waals surface area contributed by atoms with E-state index in [0.29, 0.717) is 12.1 Å². The minimum atomic E-state index is -3.04. The maximum atomic E-state index is 11.7. The molecule has 0 aliphatic rings. The number of amides is 2. The van der Waals surface area contributed by atoms with Gasteiger partial charge in [-0.05, 0) is 31.0 Å². The number of hydrogen-bond donors (Lipinski definition) is 3. The summed E-state index contributed by atoms with van der Waals surface area (Å²) in [6.07, 6.45) is 1.45. The number of carboxylic acids is 1. The van der Waals surface area contributed by atoms with E-state index in [0.717, 1.165) is 11.8 Å². The predicted octanol–water partition coefficient (Wildman–Crippen LogP) is 1.25. The molecule has 116 valence electrons. The molecule has 7 nitrogen and oxygen atoms in total. The second kappa shape index (κ2) is 7.07. The Hall–Kier alpha value is -2.09. The molecule has 0 unspecified atom stereocenters. The summed E-state index contributed by atoms with van der Waals surface area (Å²) in [5.41, 5.74) is 1.20. The molecule has 21 heavy (non-hydrogen) atoms. The van der Waals surface area contributed by atoms with Crippen LogP contribution in [-0.4, -0.2) is 44.1 Å². The molecule has 1 aromatic carbocycles. The zero-order valence-corrected chi connectivity index (χ0v) is 12.7. The number of sulfone groups is 1. The van der Waals surface area contributed by atoms with Gasteiger partial charge in [0.25, 0.3) is 0 Å². The molecule has 1 rings (SSSR count). The van der Waals surface area contributed by atoms with Gasteiger partial charge in [-0.25, -0.2) is 18.0 Å². The fraction of sp³-hybridized carbons (Fsp3) is 0.385. The van der Waals surface area contributed by atoms with E-state index in [9.17, 15) is 18.0 Å². The molecule has 0 aliphatic heterocycles. The second-order valence-corrected chi connectivity index (χ2v) is 6.96. The first kappa shape index (κ1) is 17.0. The van der Waals surface area contributed by atoms with Gasteiger partial charge in [0.05, 0.1) is 11.3 Å². The van der Waals surface area contributed by atoms with Crippen molar-refractivity contribution in [3.05, 3.63) is 29.3 Å². The molecule has 0 fully saturated rings. The minimum Gasteiger partial charge on any atom is -0.478 e. The highest BCUT2D eigenvalue weighted by atomic mass is 32.2. The van der Waals surface area contributed by atoms with Gasteiger partial charge in [0, 0.05) is 18.5 Å². The molecule has 0 spiro atoms. The van der Waals surface area contributed by atoms with E-state index in [-0.39, 0.29) is 17.9 Å². The molecule has 8 heteroatoms. The van der Waals surface area contributed by atoms with E-state index in [4.69, 9.17) is 5.11 Å². The summed E-state index contributed by atoms with van der Waals surface area (Å²) in [5, 5.41) is 14.0. The molecule has 0 saturated heterocycles. The summed E-state index contributed by atoms with van der Waals surface area (Å²) in [4.78, 5) is 22.5. The maximum Gasteiger partial charge on any atom is 0.335 e. The minimum absolute atomic E-state index is 0.000801. The third-order valence-electron chi connectivity index (χ3n) is 2.71. The first-order valence-electron chi connectivity index (χ1n) is 6.25. The Morgan fingerprint density at radius 3 is 2.52 bits per heavy atom. The average Bonchev–Trinajstić information content (AvgIpc) is 2.36. The number of rotatable bonds is 6. The number of urea groups is 1. The number of aromatic carboxylic acids is 1. The van der Waals surface area contributed by atoms with Gasteiger partial charge in [-0.15, -0.1) is 0 Å². The first-order chi connectivity index (χ1) is 9.69. The van der Waals surface area contributed by atoms with Crippen molar-refractivity contribution in [3.8, 4) is 0 Å². The van der Waals surface area contributed by atoms with E-state index in [1.54, 1.807) is 13.0 Å². The number of carboxylic acid groups (broad SMARTS) is 1. The number of nitrogens with one attached hydrogen (secondary N) is 2. The maximum absolute atomic E-state index is 11.7. The quantitative estimate of drug-likeness (QED) is 0.684. The van der Waals surface area contributed by atoms with Crippen molar-refractivity contribution >= 4 is 27.5 Å². The summed E-state index contributed by atoms with van der Waals surface area (Å²) in [5.74, 6) is -1.08. The lowest BCUT2D eigenvalue weighted by Gasteiger charge is -2.10. The Morgan fingerprint density at radius 1 is 1.29 bits per heavy atom. The standard InChI is InChI=1S/C13H18N2O5S/c1-9-4-5-10(12(16)17)8-11(9)15-13(18)14-6-3-7-21(2,19)20/h4-5,8H,3,6-7H2,1-2H3,(H,16,17)(H2,14,15,18). The lowest BCUT2D eigenvalue weighted by Crippen LogP contribution is -2.30. The fourth-order valence-electron chi connectivity index (χ4n) is 1.59. The zero-order chi connectivity index (χ0) is 16.0. The van der Waals surface area contributed by atoms with Crippen LogP contribution in [0.5, 0.6) is 0 Å². The smallest absolute Gasteiger partial charge is 0.335 e. The van der Waals surface area contributed by atoms with Crippen LogP contribution in [0.4, 0.5) is 10.5 Å². The van der Waals surface area contributed by atoms with E-state index < -0.39 is 21.8 Å². The average molecular weight is 314 g/mol. The molecule has 1 aromatic rings. The van der Waals surface area contributed by atoms with Crippen LogP contribution in [0.2, 0.25) is 0 Å². The van der Waals surface area contributed by atoms with Crippen LogP contribution in [-0.2, 0) is 9.84 Å². The summed E-state index contributed by atoms with van der Waals surface area (Å²) in [7, 11) is -3.04. The highest BCUT2D eigenvalue weighted by Crippen LogP contribution is 2.16. The number of benzene rings is 1. The molecule has 0 aromatic heterocycles. The van der Waals surface area contributed by atoms with Crippen molar-refractivity contribution in [2.45, 2.75) is 13.3 Å². The SMILES string of the molecule is Cc1ccc(C(=O)O)cc1NC(=O)NCCCS(C)(=O)=O. The molecular weight excluding hydrogens is 296 g/mol. The van der Waals surface area contributed by atoms with Crippen LogP contribution in [0.15, 0.2) is 18.2 Å². The van der Waals surface area contributed by atoms with Crippen molar-refractivity contribution in [1.82, 2.24) is 5.32 Å². The van der Waals surface area contributed by atoms with E-state index in [1.807, 2.05) is 0 Å². The second-order valence-electron chi connectivity index (χ2n) is 4.70. The van der Waals surface area contributed by atoms with Gasteiger partial charge < -0.3 is 15.7 Å². The Balaban J connectivity index is 2.55. The molecule has 0 bridgehead atoms. The molecule has 0 atom stereocenters. The Labute approximate surface area is 123 Å². The molecule has 2 amide bonds. The van der Waals surface area contributed by atoms with Crippen LogP contribution in [0, 0.1) is 6.92 Å². The number of carbonyl (C=O) groups is 2. The summed E-state index contributed by atoms with van der Waals surface area (Å²) in [6, 6.07) is 3.91. The molecule has 0 radical (unpaired) electrons. The van der Waals surface area contributed by atoms with Gasteiger partial charge in [-0.1, -0.05) is 6.07 Å². The highest BCUT2D eigenvalue weighted by molar-refractivity contribution is 7.90. The summed E-state index contributed by atoms with van der Waals surface area (Å²) >= 11 is 0. The van der Waals surface area contributed by atoms with Gasteiger partial charge in [-0.2, -0.15) is 0 Å². The Bertz CT molecular complexity index is 640. The Morgan fingerprint density at radius 2 is 1.95 bits per heavy atom. The van der Waals surface area contributed by atoms with Gasteiger partial charge in [0.1, 0.15) is 9.84 Å². The lowest BCUT2D eigenvalue weighted by molar-refractivity contribution is 0.0697. The Kier molecular flexibility index (Phi) is 5.71. The highest BCUT2D eigenvalue weighted by Gasteiger charge is 2.09. The van der Waals surface area contributed by atoms with Crippen molar-refractivity contribution in [3.63, 3.8) is 0 Å². The van der Waals surface area contributed by atoms with Gasteiger partial charge >= 0.3 is 12.0 Å². The number of aryl methyl sites for hydroxylation is 1. The summed E-state index contributed by atoms with van der Waals surface area (Å²) < 4.78 is 21.9. The third-order valence-corrected chi connectivity index (χ3v) is 3.74. The first-order valence-corrected chi connectivity index (χ1v) is 8.31. The fourth-order valence-corrected chi connectivity index (χ4v) is 2.26. The topological polar surface area (TPSA) is 113 Å². The van der Waals surface area contributed by atoms with Crippen LogP contribution in [0.3, 0.4) is 0 Å². The van der Waals surface area contributed by atoms with Crippen molar-refractivity contribution in [2.75, 3.05) is 23.9 Å². The molecule has 0 aliphatic carbocycles. The van der Waals surface area contributed by atoms with Crippen molar-refractivity contribution in [2.24, 2.45) is 0 Å². The van der Waals surface area contributed by atoms with Gasteiger partial charge in [0.2, 0.25) is 0 Å². The van der Waals surface area contributed by atoms with Gasteiger partial charge in [0.15, 0.2) is 0 Å². The normalized spacial score (nSPS) is 11.0. The van der Waals surface area contributed by atoms with E-state index >= 15 is 0 Å². The lowest BCUT2D eigenvalue weighted by atomic mass is 10.1. The number of hydrogen-bond acceptors (Lipinski definition) is 4. The number of carbonyl (C=O) groups excluding carboxylic acids is 1. The van der Waals surface area contributed by atoms with Crippen LogP contribution in [0.1, 0.15) is 22.3 Å². The zero-order valence-electron chi connectivity index (χ0n) is 11.8. The monoisotopic (exact) mass is 314 g/mol. The van der Waals surface area contributed by atoms with E-state index in [1.165, 1.54) is 12.1 Å². The summed E-state index contributed by atoms with van der Waals surface area (Å²) in [6.45, 7) is 1.96. The molecule has 0 heterocycles. The number of anilines is 1.